The molecular weight excluding hydrogens is 681 g/mol. The van der Waals surface area contributed by atoms with Crippen LogP contribution in [-0.2, 0) is 5.41 Å². The van der Waals surface area contributed by atoms with Crippen LogP contribution < -0.4 is 4.74 Å². The lowest BCUT2D eigenvalue weighted by Gasteiger charge is -2.43. The molecule has 0 saturated carbocycles. The minimum atomic E-state index is -0.341. The Balaban J connectivity index is 0.954. The molecule has 2 heterocycles. The number of allylic oxidation sites excluding steroid dienone is 4. The molecule has 1 aliphatic heterocycles. The molecule has 8 aromatic rings. The van der Waals surface area contributed by atoms with Gasteiger partial charge in [-0.25, -0.2) is 9.97 Å². The Bertz CT molecular complexity index is 2780. The fourth-order valence-electron chi connectivity index (χ4n) is 9.33. The molecule has 0 N–H and O–H groups in total. The van der Waals surface area contributed by atoms with Crippen LogP contribution in [-0.4, -0.2) is 9.97 Å². The van der Waals surface area contributed by atoms with Crippen LogP contribution in [0.3, 0.4) is 0 Å². The van der Waals surface area contributed by atoms with Crippen molar-refractivity contribution in [1.82, 2.24) is 9.97 Å². The second-order valence-corrected chi connectivity index (χ2v) is 14.9. The average molecular weight is 717 g/mol. The summed E-state index contributed by atoms with van der Waals surface area (Å²) < 4.78 is 6.79. The molecule has 0 fully saturated rings. The van der Waals surface area contributed by atoms with E-state index in [0.717, 1.165) is 61.8 Å². The normalized spacial score (nSPS) is 18.4. The first-order valence-corrected chi connectivity index (χ1v) is 19.3. The maximum Gasteiger partial charge on any atom is 0.160 e. The topological polar surface area (TPSA) is 35.0 Å². The zero-order valence-electron chi connectivity index (χ0n) is 30.6. The van der Waals surface area contributed by atoms with E-state index in [1.165, 1.54) is 22.3 Å². The van der Waals surface area contributed by atoms with Gasteiger partial charge in [-0.1, -0.05) is 182 Å². The van der Waals surface area contributed by atoms with Gasteiger partial charge in [-0.05, 0) is 57.6 Å². The SMILES string of the molecule is C1=CC2c3ccccc3C3(c4ccccc4Oc4cc(-c5ccc(-c6cccc(-c7nc(-c8ccccc8)cc(-c8ccccc8)n7)c6)cc5)ccc43)C2C=C1. The highest BCUT2D eigenvalue weighted by Crippen LogP contribution is 2.64. The summed E-state index contributed by atoms with van der Waals surface area (Å²) in [6.07, 6.45) is 9.20. The molecule has 56 heavy (non-hydrogen) atoms. The highest BCUT2D eigenvalue weighted by atomic mass is 16.5. The highest BCUT2D eigenvalue weighted by molar-refractivity contribution is 5.78. The van der Waals surface area contributed by atoms with E-state index < -0.39 is 0 Å². The largest absolute Gasteiger partial charge is 0.457 e. The summed E-state index contributed by atoms with van der Waals surface area (Å²) in [6.45, 7) is 0. The lowest BCUT2D eigenvalue weighted by molar-refractivity contribution is 0.374. The molecule has 3 aliphatic rings. The van der Waals surface area contributed by atoms with Gasteiger partial charge in [0.1, 0.15) is 11.5 Å². The summed E-state index contributed by atoms with van der Waals surface area (Å²) in [7, 11) is 0. The third kappa shape index (κ3) is 5.12. The van der Waals surface area contributed by atoms with Gasteiger partial charge in [-0.2, -0.15) is 0 Å². The predicted molar refractivity (Wildman–Crippen MR) is 227 cm³/mol. The molecule has 0 bridgehead atoms. The number of para-hydroxylation sites is 1. The fourth-order valence-corrected chi connectivity index (χ4v) is 9.33. The van der Waals surface area contributed by atoms with E-state index >= 15 is 0 Å². The molecule has 2 aliphatic carbocycles. The Kier molecular flexibility index (Phi) is 7.53. The van der Waals surface area contributed by atoms with Crippen LogP contribution in [0.2, 0.25) is 0 Å². The lowest BCUT2D eigenvalue weighted by Crippen LogP contribution is -2.37. The first kappa shape index (κ1) is 32.3. The third-order valence-corrected chi connectivity index (χ3v) is 11.9. The summed E-state index contributed by atoms with van der Waals surface area (Å²) in [6, 6.07) is 64.5. The first-order chi connectivity index (χ1) is 27.7. The molecule has 7 aromatic carbocycles. The van der Waals surface area contributed by atoms with E-state index in [1.54, 1.807) is 0 Å². The Labute approximate surface area is 327 Å². The van der Waals surface area contributed by atoms with Gasteiger partial charge in [0.25, 0.3) is 0 Å². The van der Waals surface area contributed by atoms with Crippen LogP contribution in [0, 0.1) is 5.92 Å². The number of hydrogen-bond acceptors (Lipinski definition) is 3. The minimum Gasteiger partial charge on any atom is -0.457 e. The monoisotopic (exact) mass is 716 g/mol. The number of nitrogens with zero attached hydrogens (tertiary/aromatic N) is 2. The van der Waals surface area contributed by atoms with Crippen molar-refractivity contribution in [2.45, 2.75) is 11.3 Å². The van der Waals surface area contributed by atoms with Crippen LogP contribution >= 0.6 is 0 Å². The predicted octanol–water partition coefficient (Wildman–Crippen LogP) is 13.1. The summed E-state index contributed by atoms with van der Waals surface area (Å²) in [4.78, 5) is 10.1. The van der Waals surface area contributed by atoms with Gasteiger partial charge < -0.3 is 4.74 Å². The summed E-state index contributed by atoms with van der Waals surface area (Å²) in [5.41, 5.74) is 14.3. The Morgan fingerprint density at radius 3 is 1.68 bits per heavy atom. The second-order valence-electron chi connectivity index (χ2n) is 14.9. The van der Waals surface area contributed by atoms with Crippen molar-refractivity contribution < 1.29 is 4.74 Å². The number of benzene rings is 7. The first-order valence-electron chi connectivity index (χ1n) is 19.3. The van der Waals surface area contributed by atoms with Crippen LogP contribution in [0.25, 0.3) is 56.2 Å². The maximum absolute atomic E-state index is 6.79. The van der Waals surface area contributed by atoms with Crippen molar-refractivity contribution in [2.24, 2.45) is 5.92 Å². The molecule has 264 valence electrons. The number of fused-ring (bicyclic) bond motifs is 9. The van der Waals surface area contributed by atoms with E-state index in [9.17, 15) is 0 Å². The van der Waals surface area contributed by atoms with Gasteiger partial charge in [0.05, 0.1) is 16.8 Å². The van der Waals surface area contributed by atoms with Crippen molar-refractivity contribution in [1.29, 1.82) is 0 Å². The van der Waals surface area contributed by atoms with Crippen molar-refractivity contribution in [3.8, 4) is 67.7 Å². The molecule has 0 saturated heterocycles. The van der Waals surface area contributed by atoms with Crippen LogP contribution in [0.4, 0.5) is 0 Å². The number of aromatic nitrogens is 2. The van der Waals surface area contributed by atoms with Crippen molar-refractivity contribution in [3.63, 3.8) is 0 Å². The lowest BCUT2D eigenvalue weighted by atomic mass is 9.62. The summed E-state index contributed by atoms with van der Waals surface area (Å²) >= 11 is 0. The Morgan fingerprint density at radius 2 is 0.946 bits per heavy atom. The second kappa shape index (κ2) is 13.0. The molecule has 1 aromatic heterocycles. The van der Waals surface area contributed by atoms with Gasteiger partial charge in [0.2, 0.25) is 0 Å². The van der Waals surface area contributed by atoms with Gasteiger partial charge in [-0.15, -0.1) is 0 Å². The third-order valence-electron chi connectivity index (χ3n) is 11.9. The molecule has 3 nitrogen and oxygen atoms in total. The molecule has 3 unspecified atom stereocenters. The van der Waals surface area contributed by atoms with Crippen LogP contribution in [0.15, 0.2) is 206 Å². The van der Waals surface area contributed by atoms with Gasteiger partial charge in [0, 0.05) is 39.7 Å². The van der Waals surface area contributed by atoms with Gasteiger partial charge in [-0.3, -0.25) is 0 Å². The molecular formula is C53H36N2O. The molecule has 3 atom stereocenters. The maximum atomic E-state index is 6.79. The smallest absolute Gasteiger partial charge is 0.160 e. The number of rotatable bonds is 5. The number of hydrogen-bond donors (Lipinski definition) is 0. The molecule has 1 spiro atoms. The zero-order valence-corrected chi connectivity index (χ0v) is 30.6. The van der Waals surface area contributed by atoms with Crippen molar-refractivity contribution in [2.75, 3.05) is 0 Å². The highest BCUT2D eigenvalue weighted by Gasteiger charge is 2.56. The van der Waals surface area contributed by atoms with E-state index in [1.807, 2.05) is 36.4 Å². The quantitative estimate of drug-likeness (QED) is 0.178. The van der Waals surface area contributed by atoms with Gasteiger partial charge in [0.15, 0.2) is 5.82 Å². The van der Waals surface area contributed by atoms with Crippen molar-refractivity contribution in [3.05, 3.63) is 229 Å². The van der Waals surface area contributed by atoms with E-state index in [-0.39, 0.29) is 11.3 Å². The van der Waals surface area contributed by atoms with E-state index in [4.69, 9.17) is 14.7 Å². The Hall–Kier alpha value is -7.10. The summed E-state index contributed by atoms with van der Waals surface area (Å²) in [5, 5.41) is 0. The molecule has 11 rings (SSSR count). The fraction of sp³-hybridized carbons (Fsp3) is 0.0566. The zero-order chi connectivity index (χ0) is 37.1. The van der Waals surface area contributed by atoms with E-state index in [0.29, 0.717) is 11.7 Å². The number of ether oxygens (including phenoxy) is 1. The molecule has 3 heteroatoms. The van der Waals surface area contributed by atoms with Crippen LogP contribution in [0.1, 0.15) is 28.2 Å². The Morgan fingerprint density at radius 1 is 0.393 bits per heavy atom. The van der Waals surface area contributed by atoms with Crippen LogP contribution in [0.5, 0.6) is 11.5 Å². The summed E-state index contributed by atoms with van der Waals surface area (Å²) in [5.74, 6) is 3.12. The molecule has 0 radical (unpaired) electrons. The average Bonchev–Trinajstić information content (AvgIpc) is 3.57. The molecule has 0 amide bonds. The van der Waals surface area contributed by atoms with E-state index in [2.05, 4.69) is 170 Å². The standard InChI is InChI=1S/C53H36N2O/c1-3-14-37(15-4-1)48-34-49(38-16-5-2-6-17-38)55-52(54-48)41-19-13-18-39(32-41)35-26-28-36(29-27-35)40-30-31-47-51(33-40)56-50-25-12-11-24-46(50)53(47)44-22-9-7-20-42(44)43-21-8-10-23-45(43)53/h1-34,42,44H. The minimum absolute atomic E-state index is 0.255. The van der Waals surface area contributed by atoms with Crippen molar-refractivity contribution >= 4 is 0 Å². The van der Waals surface area contributed by atoms with Gasteiger partial charge >= 0.3 is 0 Å².